The summed E-state index contributed by atoms with van der Waals surface area (Å²) in [4.78, 5) is 7.03. The quantitative estimate of drug-likeness (QED) is 0.822. The summed E-state index contributed by atoms with van der Waals surface area (Å²) in [7, 11) is 0. The van der Waals surface area contributed by atoms with Crippen LogP contribution in [0.1, 0.15) is 50.9 Å². The van der Waals surface area contributed by atoms with E-state index in [2.05, 4.69) is 49.7 Å². The summed E-state index contributed by atoms with van der Waals surface area (Å²) >= 11 is 0. The van der Waals surface area contributed by atoms with E-state index in [-0.39, 0.29) is 0 Å². The first-order valence-corrected chi connectivity index (χ1v) is 6.89. The Morgan fingerprint density at radius 2 is 2.11 bits per heavy atom. The van der Waals surface area contributed by atoms with E-state index in [1.165, 1.54) is 11.3 Å². The van der Waals surface area contributed by atoms with Crippen LogP contribution in [-0.4, -0.2) is 35.7 Å². The smallest absolute Gasteiger partial charge is 0.0674 e. The maximum Gasteiger partial charge on any atom is 0.0674 e. The molecule has 1 aromatic rings. The normalized spacial score (nSPS) is 23.3. The minimum absolute atomic E-state index is 0.337. The van der Waals surface area contributed by atoms with Crippen LogP contribution in [0.15, 0.2) is 18.3 Å². The van der Waals surface area contributed by atoms with Crippen molar-refractivity contribution in [1.29, 1.82) is 0 Å². The summed E-state index contributed by atoms with van der Waals surface area (Å²) in [5, 5.41) is 0. The molecule has 3 heteroatoms. The molecule has 100 valence electrons. The van der Waals surface area contributed by atoms with Crippen molar-refractivity contribution in [3.8, 4) is 0 Å². The average Bonchev–Trinajstić information content (AvgIpc) is 2.38. The van der Waals surface area contributed by atoms with Gasteiger partial charge < -0.3 is 4.74 Å². The molecule has 0 radical (unpaired) electrons. The Kier molecular flexibility index (Phi) is 4.36. The predicted octanol–water partition coefficient (Wildman–Crippen LogP) is 2.99. The van der Waals surface area contributed by atoms with Crippen LogP contribution in [0, 0.1) is 0 Å². The lowest BCUT2D eigenvalue weighted by atomic mass is 10.0. The van der Waals surface area contributed by atoms with Crippen molar-refractivity contribution in [3.05, 3.63) is 29.6 Å². The number of ether oxygens (including phenoxy) is 1. The van der Waals surface area contributed by atoms with Crippen molar-refractivity contribution in [2.24, 2.45) is 0 Å². The number of hydrogen-bond donors (Lipinski definition) is 0. The fourth-order valence-corrected chi connectivity index (χ4v) is 2.41. The zero-order valence-corrected chi connectivity index (χ0v) is 11.9. The highest BCUT2D eigenvalue weighted by Crippen LogP contribution is 2.23. The summed E-state index contributed by atoms with van der Waals surface area (Å²) in [5.74, 6) is 0.498. The molecular weight excluding hydrogens is 224 g/mol. The minimum atomic E-state index is 0.337. The second-order valence-electron chi connectivity index (χ2n) is 5.52. The first-order valence-electron chi connectivity index (χ1n) is 6.89. The molecule has 0 bridgehead atoms. The highest BCUT2D eigenvalue weighted by Gasteiger charge is 2.22. The number of pyridine rings is 1. The van der Waals surface area contributed by atoms with Crippen LogP contribution in [0.4, 0.5) is 0 Å². The molecule has 1 aliphatic rings. The van der Waals surface area contributed by atoms with Gasteiger partial charge in [-0.25, -0.2) is 0 Å². The maximum atomic E-state index is 5.59. The first-order chi connectivity index (χ1) is 8.58. The zero-order valence-electron chi connectivity index (χ0n) is 11.9. The Hall–Kier alpha value is -0.930. The van der Waals surface area contributed by atoms with E-state index in [9.17, 15) is 0 Å². The first kappa shape index (κ1) is 13.5. The topological polar surface area (TPSA) is 25.4 Å². The molecule has 1 fully saturated rings. The Balaban J connectivity index is 2.05. The van der Waals surface area contributed by atoms with E-state index in [1.54, 1.807) is 0 Å². The number of rotatable bonds is 3. The molecule has 2 heterocycles. The van der Waals surface area contributed by atoms with E-state index < -0.39 is 0 Å². The molecule has 1 saturated heterocycles. The Morgan fingerprint density at radius 1 is 1.33 bits per heavy atom. The van der Waals surface area contributed by atoms with Gasteiger partial charge in [-0.15, -0.1) is 0 Å². The molecule has 18 heavy (non-hydrogen) atoms. The van der Waals surface area contributed by atoms with Crippen LogP contribution in [0.3, 0.4) is 0 Å². The highest BCUT2D eigenvalue weighted by molar-refractivity contribution is 5.19. The van der Waals surface area contributed by atoms with Crippen LogP contribution in [0.5, 0.6) is 0 Å². The van der Waals surface area contributed by atoms with Gasteiger partial charge in [0.25, 0.3) is 0 Å². The average molecular weight is 248 g/mol. The molecule has 0 amide bonds. The second kappa shape index (κ2) is 5.81. The summed E-state index contributed by atoms with van der Waals surface area (Å²) in [6, 6.07) is 4.79. The van der Waals surface area contributed by atoms with E-state index in [0.29, 0.717) is 18.1 Å². The van der Waals surface area contributed by atoms with Crippen LogP contribution < -0.4 is 0 Å². The fourth-order valence-electron chi connectivity index (χ4n) is 2.41. The van der Waals surface area contributed by atoms with Crippen molar-refractivity contribution < 1.29 is 4.74 Å². The van der Waals surface area contributed by atoms with E-state index in [0.717, 1.165) is 19.7 Å². The molecule has 0 spiro atoms. The van der Waals surface area contributed by atoms with Gasteiger partial charge in [-0.05, 0) is 31.4 Å². The maximum absolute atomic E-state index is 5.59. The molecule has 0 unspecified atom stereocenters. The number of nitrogens with zero attached hydrogens (tertiary/aromatic N) is 2. The standard InChI is InChI=1S/C15H24N2O/c1-11(2)15-6-5-14(9-16-15)13(4)17-7-8-18-12(3)10-17/h5-6,9,11-13H,7-8,10H2,1-4H3/t12-,13-/m1/s1. The van der Waals surface area contributed by atoms with Crippen molar-refractivity contribution in [1.82, 2.24) is 9.88 Å². The van der Waals surface area contributed by atoms with Crippen LogP contribution in [0.2, 0.25) is 0 Å². The summed E-state index contributed by atoms with van der Waals surface area (Å²) < 4.78 is 5.59. The number of morpholine rings is 1. The summed E-state index contributed by atoms with van der Waals surface area (Å²) in [5.41, 5.74) is 2.47. The molecule has 0 saturated carbocycles. The predicted molar refractivity (Wildman–Crippen MR) is 73.7 cm³/mol. The van der Waals surface area contributed by atoms with Gasteiger partial charge in [-0.1, -0.05) is 19.9 Å². The third kappa shape index (κ3) is 3.09. The highest BCUT2D eigenvalue weighted by atomic mass is 16.5. The largest absolute Gasteiger partial charge is 0.376 e. The Labute approximate surface area is 110 Å². The van der Waals surface area contributed by atoms with Gasteiger partial charge in [0.2, 0.25) is 0 Å². The van der Waals surface area contributed by atoms with Crippen molar-refractivity contribution in [2.45, 2.75) is 45.8 Å². The molecule has 0 aromatic carbocycles. The van der Waals surface area contributed by atoms with E-state index in [4.69, 9.17) is 4.74 Å². The third-order valence-corrected chi connectivity index (χ3v) is 3.70. The molecule has 3 nitrogen and oxygen atoms in total. The Morgan fingerprint density at radius 3 is 2.67 bits per heavy atom. The summed E-state index contributed by atoms with van der Waals surface area (Å²) in [6.45, 7) is 11.6. The number of hydrogen-bond acceptors (Lipinski definition) is 3. The van der Waals surface area contributed by atoms with Gasteiger partial charge in [0.1, 0.15) is 0 Å². The molecule has 0 N–H and O–H groups in total. The SMILES string of the molecule is CC(C)c1ccc([C@@H](C)N2CCO[C@H](C)C2)cn1. The van der Waals surface area contributed by atoms with Crippen LogP contribution >= 0.6 is 0 Å². The van der Waals surface area contributed by atoms with Gasteiger partial charge in [0.05, 0.1) is 12.7 Å². The Bertz CT molecular complexity index is 375. The minimum Gasteiger partial charge on any atom is -0.376 e. The third-order valence-electron chi connectivity index (χ3n) is 3.70. The van der Waals surface area contributed by atoms with E-state index in [1.807, 2.05) is 6.20 Å². The lowest BCUT2D eigenvalue weighted by molar-refractivity contribution is -0.0320. The second-order valence-corrected chi connectivity index (χ2v) is 5.52. The lowest BCUT2D eigenvalue weighted by Gasteiger charge is -2.35. The molecular formula is C15H24N2O. The number of aromatic nitrogens is 1. The van der Waals surface area contributed by atoms with E-state index >= 15 is 0 Å². The van der Waals surface area contributed by atoms with Crippen molar-refractivity contribution >= 4 is 0 Å². The van der Waals surface area contributed by atoms with Gasteiger partial charge in [0, 0.05) is 31.0 Å². The fraction of sp³-hybridized carbons (Fsp3) is 0.667. The molecule has 2 atom stereocenters. The lowest BCUT2D eigenvalue weighted by Crippen LogP contribution is -2.42. The molecule has 2 rings (SSSR count). The van der Waals surface area contributed by atoms with Gasteiger partial charge in [-0.3, -0.25) is 9.88 Å². The van der Waals surface area contributed by atoms with Gasteiger partial charge >= 0.3 is 0 Å². The molecule has 1 aromatic heterocycles. The van der Waals surface area contributed by atoms with Gasteiger partial charge in [0.15, 0.2) is 0 Å². The van der Waals surface area contributed by atoms with Gasteiger partial charge in [-0.2, -0.15) is 0 Å². The van der Waals surface area contributed by atoms with Crippen LogP contribution in [-0.2, 0) is 4.74 Å². The van der Waals surface area contributed by atoms with Crippen molar-refractivity contribution in [2.75, 3.05) is 19.7 Å². The monoisotopic (exact) mass is 248 g/mol. The summed E-state index contributed by atoms with van der Waals surface area (Å²) in [6.07, 6.45) is 2.37. The molecule has 0 aliphatic carbocycles. The molecule has 1 aliphatic heterocycles. The van der Waals surface area contributed by atoms with Crippen LogP contribution in [0.25, 0.3) is 0 Å². The van der Waals surface area contributed by atoms with Crippen molar-refractivity contribution in [3.63, 3.8) is 0 Å². The zero-order chi connectivity index (χ0) is 13.1.